The standard InChI is InChI=1S/C19H19NO2S/c1-13-5-8-18(23-13)16-11-14-6-7-15(12-17(14)22-19(16)21)20-9-3-2-4-10-20/h5-8,11-12H,2-4,9-10H2,1H3. The van der Waals surface area contributed by atoms with Crippen LogP contribution >= 0.6 is 11.3 Å². The number of thiophene rings is 1. The molecule has 23 heavy (non-hydrogen) atoms. The average Bonchev–Trinajstić information content (AvgIpc) is 3.01. The third kappa shape index (κ3) is 2.79. The van der Waals surface area contributed by atoms with Crippen molar-refractivity contribution in [3.63, 3.8) is 0 Å². The molecule has 0 N–H and O–H groups in total. The van der Waals surface area contributed by atoms with Crippen molar-refractivity contribution in [3.05, 3.63) is 51.7 Å². The second kappa shape index (κ2) is 5.85. The van der Waals surface area contributed by atoms with E-state index in [9.17, 15) is 4.79 Å². The van der Waals surface area contributed by atoms with E-state index in [2.05, 4.69) is 17.0 Å². The molecule has 0 radical (unpaired) electrons. The molecule has 0 atom stereocenters. The third-order valence-corrected chi connectivity index (χ3v) is 5.48. The van der Waals surface area contributed by atoms with Crippen molar-refractivity contribution in [2.45, 2.75) is 26.2 Å². The summed E-state index contributed by atoms with van der Waals surface area (Å²) in [4.78, 5) is 16.9. The van der Waals surface area contributed by atoms with Gasteiger partial charge in [-0.15, -0.1) is 11.3 Å². The van der Waals surface area contributed by atoms with E-state index in [1.807, 2.05) is 31.2 Å². The second-order valence-corrected chi connectivity index (χ2v) is 7.42. The highest BCUT2D eigenvalue weighted by atomic mass is 32.1. The summed E-state index contributed by atoms with van der Waals surface area (Å²) in [5.74, 6) is 0. The molecule has 0 aliphatic carbocycles. The van der Waals surface area contributed by atoms with Crippen molar-refractivity contribution < 1.29 is 4.42 Å². The highest BCUT2D eigenvalue weighted by molar-refractivity contribution is 7.15. The normalized spacial score (nSPS) is 15.3. The lowest BCUT2D eigenvalue weighted by molar-refractivity contribution is 0.560. The van der Waals surface area contributed by atoms with Gasteiger partial charge in [-0.1, -0.05) is 0 Å². The lowest BCUT2D eigenvalue weighted by Crippen LogP contribution is -2.29. The SMILES string of the molecule is Cc1ccc(-c2cc3ccc(N4CCCCC4)cc3oc2=O)s1. The molecule has 0 spiro atoms. The number of nitrogens with zero attached hydrogens (tertiary/aromatic N) is 1. The lowest BCUT2D eigenvalue weighted by Gasteiger charge is -2.28. The maximum absolute atomic E-state index is 12.4. The third-order valence-electron chi connectivity index (χ3n) is 4.45. The molecule has 0 bridgehead atoms. The van der Waals surface area contributed by atoms with E-state index in [0.717, 1.165) is 29.0 Å². The van der Waals surface area contributed by atoms with Crippen molar-refractivity contribution >= 4 is 28.0 Å². The molecule has 1 aliphatic rings. The molecule has 3 aromatic rings. The molecule has 118 valence electrons. The van der Waals surface area contributed by atoms with Crippen LogP contribution in [0.25, 0.3) is 21.4 Å². The van der Waals surface area contributed by atoms with Crippen molar-refractivity contribution in [1.82, 2.24) is 0 Å². The molecule has 1 fully saturated rings. The fourth-order valence-electron chi connectivity index (χ4n) is 3.20. The van der Waals surface area contributed by atoms with Crippen LogP contribution in [0.5, 0.6) is 0 Å². The van der Waals surface area contributed by atoms with E-state index >= 15 is 0 Å². The molecule has 1 aliphatic heterocycles. The number of rotatable bonds is 2. The Hall–Kier alpha value is -2.07. The molecule has 0 saturated carbocycles. The van der Waals surface area contributed by atoms with Crippen LogP contribution in [-0.4, -0.2) is 13.1 Å². The number of aryl methyl sites for hydroxylation is 1. The van der Waals surface area contributed by atoms with Gasteiger partial charge in [-0.3, -0.25) is 0 Å². The first kappa shape index (κ1) is 14.5. The summed E-state index contributed by atoms with van der Waals surface area (Å²) in [6, 6.07) is 12.2. The number of fused-ring (bicyclic) bond motifs is 1. The first-order chi connectivity index (χ1) is 11.2. The Morgan fingerprint density at radius 3 is 2.61 bits per heavy atom. The number of anilines is 1. The summed E-state index contributed by atoms with van der Waals surface area (Å²) in [5, 5.41) is 0.978. The van der Waals surface area contributed by atoms with Crippen molar-refractivity contribution in [3.8, 4) is 10.4 Å². The van der Waals surface area contributed by atoms with Gasteiger partial charge in [-0.05, 0) is 56.5 Å². The van der Waals surface area contributed by atoms with Crippen LogP contribution in [0, 0.1) is 6.92 Å². The predicted octanol–water partition coefficient (Wildman–Crippen LogP) is 4.82. The molecule has 4 rings (SSSR count). The van der Waals surface area contributed by atoms with Gasteiger partial charge in [0.05, 0.1) is 5.56 Å². The Bertz CT molecular complexity index is 903. The van der Waals surface area contributed by atoms with E-state index in [4.69, 9.17) is 4.42 Å². The highest BCUT2D eigenvalue weighted by Crippen LogP contribution is 2.29. The molecule has 2 aromatic heterocycles. The van der Waals surface area contributed by atoms with Crippen molar-refractivity contribution in [2.75, 3.05) is 18.0 Å². The highest BCUT2D eigenvalue weighted by Gasteiger charge is 2.14. The fourth-order valence-corrected chi connectivity index (χ4v) is 4.07. The molecular weight excluding hydrogens is 306 g/mol. The van der Waals surface area contributed by atoms with Crippen molar-refractivity contribution in [2.24, 2.45) is 0 Å². The van der Waals surface area contributed by atoms with Gasteiger partial charge in [0, 0.05) is 40.0 Å². The minimum absolute atomic E-state index is 0.254. The number of hydrogen-bond donors (Lipinski definition) is 0. The molecule has 1 aromatic carbocycles. The molecule has 3 heterocycles. The van der Waals surface area contributed by atoms with Gasteiger partial charge in [0.15, 0.2) is 0 Å². The van der Waals surface area contributed by atoms with E-state index in [1.54, 1.807) is 11.3 Å². The van der Waals surface area contributed by atoms with Crippen LogP contribution in [0.1, 0.15) is 24.1 Å². The molecule has 4 heteroatoms. The summed E-state index contributed by atoms with van der Waals surface area (Å²) >= 11 is 1.62. The van der Waals surface area contributed by atoms with Crippen LogP contribution in [0.15, 0.2) is 45.6 Å². The first-order valence-corrected chi connectivity index (χ1v) is 8.92. The summed E-state index contributed by atoms with van der Waals surface area (Å²) in [7, 11) is 0. The maximum Gasteiger partial charge on any atom is 0.345 e. The van der Waals surface area contributed by atoms with Crippen molar-refractivity contribution in [1.29, 1.82) is 0 Å². The zero-order chi connectivity index (χ0) is 15.8. The number of piperidine rings is 1. The van der Waals surface area contributed by atoms with Gasteiger partial charge in [-0.25, -0.2) is 4.79 Å². The van der Waals surface area contributed by atoms with Gasteiger partial charge in [0.25, 0.3) is 0 Å². The number of hydrogen-bond acceptors (Lipinski definition) is 4. The van der Waals surface area contributed by atoms with Crippen LogP contribution in [0.4, 0.5) is 5.69 Å². The Balaban J connectivity index is 1.77. The van der Waals surface area contributed by atoms with Gasteiger partial charge in [0.1, 0.15) is 5.58 Å². The monoisotopic (exact) mass is 325 g/mol. The Kier molecular flexibility index (Phi) is 3.69. The Morgan fingerprint density at radius 1 is 1.04 bits per heavy atom. The van der Waals surface area contributed by atoms with Crippen LogP contribution in [0.3, 0.4) is 0 Å². The molecular formula is C19H19NO2S. The maximum atomic E-state index is 12.4. The Labute approximate surface area is 139 Å². The zero-order valence-electron chi connectivity index (χ0n) is 13.2. The zero-order valence-corrected chi connectivity index (χ0v) is 14.0. The first-order valence-electron chi connectivity index (χ1n) is 8.10. The minimum Gasteiger partial charge on any atom is -0.422 e. The molecule has 0 amide bonds. The van der Waals surface area contributed by atoms with E-state index < -0.39 is 0 Å². The average molecular weight is 325 g/mol. The molecule has 1 saturated heterocycles. The largest absolute Gasteiger partial charge is 0.422 e. The lowest BCUT2D eigenvalue weighted by atomic mass is 10.1. The molecule has 3 nitrogen and oxygen atoms in total. The topological polar surface area (TPSA) is 33.5 Å². The number of benzene rings is 1. The summed E-state index contributed by atoms with van der Waals surface area (Å²) in [6.07, 6.45) is 3.78. The quantitative estimate of drug-likeness (QED) is 0.633. The molecule has 0 unspecified atom stereocenters. The minimum atomic E-state index is -0.254. The smallest absolute Gasteiger partial charge is 0.345 e. The van der Waals surface area contributed by atoms with Gasteiger partial charge < -0.3 is 9.32 Å². The summed E-state index contributed by atoms with van der Waals surface area (Å²) < 4.78 is 5.61. The van der Waals surface area contributed by atoms with E-state index in [0.29, 0.717) is 11.1 Å². The fraction of sp³-hybridized carbons (Fsp3) is 0.316. The Morgan fingerprint density at radius 2 is 1.87 bits per heavy atom. The van der Waals surface area contributed by atoms with Crippen LogP contribution < -0.4 is 10.5 Å². The second-order valence-electron chi connectivity index (χ2n) is 6.13. The van der Waals surface area contributed by atoms with E-state index in [-0.39, 0.29) is 5.63 Å². The summed E-state index contributed by atoms with van der Waals surface area (Å²) in [5.41, 5.74) is 2.23. The van der Waals surface area contributed by atoms with Gasteiger partial charge in [-0.2, -0.15) is 0 Å². The van der Waals surface area contributed by atoms with E-state index in [1.165, 1.54) is 24.1 Å². The predicted molar refractivity (Wildman–Crippen MR) is 96.6 cm³/mol. The van der Waals surface area contributed by atoms with Crippen LogP contribution in [-0.2, 0) is 0 Å². The van der Waals surface area contributed by atoms with Gasteiger partial charge in [0.2, 0.25) is 0 Å². The van der Waals surface area contributed by atoms with Crippen LogP contribution in [0.2, 0.25) is 0 Å². The van der Waals surface area contributed by atoms with Gasteiger partial charge >= 0.3 is 5.63 Å². The summed E-state index contributed by atoms with van der Waals surface area (Å²) in [6.45, 7) is 4.21.